The molecule has 0 spiro atoms. The van der Waals surface area contributed by atoms with Crippen molar-refractivity contribution in [1.29, 1.82) is 0 Å². The molecular weight excluding hydrogens is 350 g/mol. The number of thioether (sulfide) groups is 1. The zero-order valence-corrected chi connectivity index (χ0v) is 13.9. The first-order valence-electron chi connectivity index (χ1n) is 6.47. The highest BCUT2D eigenvalue weighted by Gasteiger charge is 2.13. The number of halogens is 1. The molecule has 5 nitrogen and oxygen atoms in total. The number of hydrogen-bond donors (Lipinski definition) is 1. The van der Waals surface area contributed by atoms with Gasteiger partial charge in [-0.2, -0.15) is 0 Å². The van der Waals surface area contributed by atoms with Gasteiger partial charge in [0, 0.05) is 12.8 Å². The summed E-state index contributed by atoms with van der Waals surface area (Å²) in [5, 5.41) is 0.687. The Hall–Kier alpha value is -1.60. The minimum Gasteiger partial charge on any atom is -0.382 e. The van der Waals surface area contributed by atoms with E-state index in [9.17, 15) is 0 Å². The van der Waals surface area contributed by atoms with Gasteiger partial charge in [0.2, 0.25) is 0 Å². The van der Waals surface area contributed by atoms with E-state index in [1.54, 1.807) is 11.8 Å². The number of benzene rings is 1. The van der Waals surface area contributed by atoms with Gasteiger partial charge < -0.3 is 10.3 Å². The summed E-state index contributed by atoms with van der Waals surface area (Å²) in [5.74, 6) is 1.33. The third-order valence-corrected chi connectivity index (χ3v) is 4.69. The van der Waals surface area contributed by atoms with Crippen LogP contribution in [0.5, 0.6) is 0 Å². The van der Waals surface area contributed by atoms with Gasteiger partial charge in [-0.15, -0.1) is 0 Å². The van der Waals surface area contributed by atoms with Crippen molar-refractivity contribution >= 4 is 44.7 Å². The number of imidazole rings is 1. The number of nitrogen functional groups attached to an aromatic ring is 1. The molecule has 1 aromatic carbocycles. The van der Waals surface area contributed by atoms with Gasteiger partial charge in [0.05, 0.1) is 0 Å². The Bertz CT molecular complexity index is 772. The lowest BCUT2D eigenvalue weighted by Crippen LogP contribution is -1.99. The van der Waals surface area contributed by atoms with Crippen LogP contribution in [0, 0.1) is 0 Å². The molecule has 0 amide bonds. The van der Waals surface area contributed by atoms with Crippen LogP contribution in [0.1, 0.15) is 5.56 Å². The molecule has 0 radical (unpaired) electrons. The van der Waals surface area contributed by atoms with Crippen LogP contribution in [0.3, 0.4) is 0 Å². The summed E-state index contributed by atoms with van der Waals surface area (Å²) < 4.78 is 2.55. The summed E-state index contributed by atoms with van der Waals surface area (Å²) in [4.78, 5) is 13.2. The normalized spacial score (nSPS) is 11.1. The fraction of sp³-hybridized carbons (Fsp3) is 0.214. The highest BCUT2D eigenvalue weighted by atomic mass is 79.9. The largest absolute Gasteiger partial charge is 0.382 e. The van der Waals surface area contributed by atoms with Gasteiger partial charge >= 0.3 is 0 Å². The highest BCUT2D eigenvalue weighted by molar-refractivity contribution is 9.10. The Labute approximate surface area is 135 Å². The first kappa shape index (κ1) is 14.3. The summed E-state index contributed by atoms with van der Waals surface area (Å²) in [6.07, 6.45) is 0.974. The van der Waals surface area contributed by atoms with Crippen LogP contribution in [-0.4, -0.2) is 25.3 Å². The lowest BCUT2D eigenvalue weighted by atomic mass is 10.2. The van der Waals surface area contributed by atoms with Crippen LogP contribution in [-0.2, 0) is 13.5 Å². The van der Waals surface area contributed by atoms with Crippen molar-refractivity contribution in [3.63, 3.8) is 0 Å². The van der Waals surface area contributed by atoms with Gasteiger partial charge in [-0.3, -0.25) is 0 Å². The molecule has 0 saturated heterocycles. The molecule has 0 fully saturated rings. The monoisotopic (exact) mass is 363 g/mol. The molecule has 0 aliphatic rings. The highest BCUT2D eigenvalue weighted by Crippen LogP contribution is 2.24. The Morgan fingerprint density at radius 1 is 1.19 bits per heavy atom. The molecule has 2 aromatic heterocycles. The zero-order valence-electron chi connectivity index (χ0n) is 11.5. The van der Waals surface area contributed by atoms with Crippen LogP contribution in [0.2, 0.25) is 0 Å². The molecule has 2 N–H and O–H groups in total. The summed E-state index contributed by atoms with van der Waals surface area (Å²) in [7, 11) is 1.89. The van der Waals surface area contributed by atoms with E-state index in [1.165, 1.54) is 5.56 Å². The third-order valence-electron chi connectivity index (χ3n) is 3.14. The molecule has 3 aromatic rings. The van der Waals surface area contributed by atoms with Gasteiger partial charge in [0.25, 0.3) is 0 Å². The molecule has 2 heterocycles. The number of aromatic nitrogens is 4. The summed E-state index contributed by atoms with van der Waals surface area (Å²) in [5.41, 5.74) is 8.65. The van der Waals surface area contributed by atoms with Crippen molar-refractivity contribution < 1.29 is 0 Å². The van der Waals surface area contributed by atoms with Crippen molar-refractivity contribution in [2.75, 3.05) is 11.5 Å². The number of nitrogens with zero attached hydrogens (tertiary/aromatic N) is 4. The summed E-state index contributed by atoms with van der Waals surface area (Å²) >= 11 is 4.98. The lowest BCUT2D eigenvalue weighted by molar-refractivity contribution is 0.878. The van der Waals surface area contributed by atoms with E-state index in [0.29, 0.717) is 21.2 Å². The van der Waals surface area contributed by atoms with Gasteiger partial charge in [-0.1, -0.05) is 42.1 Å². The van der Waals surface area contributed by atoms with Crippen LogP contribution < -0.4 is 5.73 Å². The predicted octanol–water partition coefficient (Wildman–Crippen LogP) is 3.04. The fourth-order valence-corrected chi connectivity index (χ4v) is 3.18. The Balaban J connectivity index is 1.77. The number of aryl methyl sites for hydroxylation is 2. The van der Waals surface area contributed by atoms with Crippen molar-refractivity contribution in [2.24, 2.45) is 7.05 Å². The molecule has 0 atom stereocenters. The minimum atomic E-state index is 0.420. The Morgan fingerprint density at radius 3 is 2.71 bits per heavy atom. The van der Waals surface area contributed by atoms with Crippen LogP contribution in [0.25, 0.3) is 11.2 Å². The first-order valence-corrected chi connectivity index (χ1v) is 8.25. The van der Waals surface area contributed by atoms with Gasteiger partial charge in [0.1, 0.15) is 0 Å². The molecule has 108 valence electrons. The second kappa shape index (κ2) is 6.03. The van der Waals surface area contributed by atoms with E-state index >= 15 is 0 Å². The molecule has 3 rings (SSSR count). The molecular formula is C14H14BrN5S. The molecule has 0 saturated carbocycles. The second-order valence-corrected chi connectivity index (χ2v) is 6.36. The average Bonchev–Trinajstić information content (AvgIpc) is 2.77. The standard InChI is InChI=1S/C14H14BrN5S/c1-20-12-10(17-13(20)15)11(16)18-14(19-12)21-8-7-9-5-3-2-4-6-9/h2-6H,7-8H2,1H3,(H2,16,18,19). The Kier molecular flexibility index (Phi) is 4.12. The number of rotatable bonds is 4. The van der Waals surface area contributed by atoms with E-state index in [-0.39, 0.29) is 0 Å². The van der Waals surface area contributed by atoms with E-state index < -0.39 is 0 Å². The maximum Gasteiger partial charge on any atom is 0.191 e. The molecule has 0 aliphatic heterocycles. The topological polar surface area (TPSA) is 69.6 Å². The van der Waals surface area contributed by atoms with E-state index in [2.05, 4.69) is 43.0 Å². The molecule has 0 bridgehead atoms. The van der Waals surface area contributed by atoms with Crippen LogP contribution in [0.4, 0.5) is 5.82 Å². The maximum atomic E-state index is 5.96. The van der Waals surface area contributed by atoms with Gasteiger partial charge in [0.15, 0.2) is 26.9 Å². The minimum absolute atomic E-state index is 0.420. The molecule has 21 heavy (non-hydrogen) atoms. The third kappa shape index (κ3) is 3.03. The maximum absolute atomic E-state index is 5.96. The van der Waals surface area contributed by atoms with Gasteiger partial charge in [-0.05, 0) is 27.9 Å². The van der Waals surface area contributed by atoms with Crippen LogP contribution >= 0.6 is 27.7 Å². The molecule has 7 heteroatoms. The number of fused-ring (bicyclic) bond motifs is 1. The Morgan fingerprint density at radius 2 is 1.95 bits per heavy atom. The van der Waals surface area contributed by atoms with E-state index in [0.717, 1.165) is 17.8 Å². The number of hydrogen-bond acceptors (Lipinski definition) is 5. The van der Waals surface area contributed by atoms with Crippen LogP contribution in [0.15, 0.2) is 40.2 Å². The fourth-order valence-electron chi connectivity index (χ4n) is 2.00. The average molecular weight is 364 g/mol. The molecule has 0 aliphatic carbocycles. The first-order chi connectivity index (χ1) is 10.1. The number of nitrogens with two attached hydrogens (primary N) is 1. The van der Waals surface area contributed by atoms with Gasteiger partial charge in [-0.25, -0.2) is 15.0 Å². The number of anilines is 1. The molecule has 0 unspecified atom stereocenters. The zero-order chi connectivity index (χ0) is 14.8. The smallest absolute Gasteiger partial charge is 0.191 e. The quantitative estimate of drug-likeness (QED) is 0.438. The lowest BCUT2D eigenvalue weighted by Gasteiger charge is -2.03. The second-order valence-electron chi connectivity index (χ2n) is 4.59. The van der Waals surface area contributed by atoms with Crippen molar-refractivity contribution in [3.05, 3.63) is 40.6 Å². The van der Waals surface area contributed by atoms with Crippen molar-refractivity contribution in [1.82, 2.24) is 19.5 Å². The predicted molar refractivity (Wildman–Crippen MR) is 89.3 cm³/mol. The van der Waals surface area contributed by atoms with Crippen molar-refractivity contribution in [3.8, 4) is 0 Å². The van der Waals surface area contributed by atoms with E-state index in [4.69, 9.17) is 5.73 Å². The summed E-state index contributed by atoms with van der Waals surface area (Å²) in [6.45, 7) is 0. The van der Waals surface area contributed by atoms with Crippen molar-refractivity contribution in [2.45, 2.75) is 11.6 Å². The summed E-state index contributed by atoms with van der Waals surface area (Å²) in [6, 6.07) is 10.4. The van der Waals surface area contributed by atoms with E-state index in [1.807, 2.05) is 29.8 Å². The SMILES string of the molecule is Cn1c(Br)nc2c(N)nc(SCCc3ccccc3)nc21.